The van der Waals surface area contributed by atoms with Gasteiger partial charge in [-0.25, -0.2) is 0 Å². The lowest BCUT2D eigenvalue weighted by atomic mass is 9.87. The third-order valence-corrected chi connectivity index (χ3v) is 5.69. The Morgan fingerprint density at radius 2 is 1.39 bits per heavy atom. The quantitative estimate of drug-likeness (QED) is 0.221. The van der Waals surface area contributed by atoms with Crippen molar-refractivity contribution in [3.05, 3.63) is 29.8 Å². The molecule has 1 aromatic rings. The number of phenols is 1. The third-order valence-electron chi connectivity index (χ3n) is 5.69. The highest BCUT2D eigenvalue weighted by atomic mass is 16.5. The summed E-state index contributed by atoms with van der Waals surface area (Å²) >= 11 is 0. The number of unbranched alkanes of at least 4 members (excludes halogenated alkanes) is 10. The summed E-state index contributed by atoms with van der Waals surface area (Å²) in [4.78, 5) is 11.1. The summed E-state index contributed by atoms with van der Waals surface area (Å²) in [5, 5.41) is 10.3. The number of carbonyl (C=O) groups is 1. The van der Waals surface area contributed by atoms with E-state index in [9.17, 15) is 9.90 Å². The predicted octanol–water partition coefficient (Wildman–Crippen LogP) is 7.52. The molecule has 3 nitrogen and oxygen atoms in total. The molecular formula is C25H42O3. The molecule has 0 heterocycles. The van der Waals surface area contributed by atoms with Crippen LogP contribution in [0.4, 0.5) is 0 Å². The van der Waals surface area contributed by atoms with Crippen molar-refractivity contribution < 1.29 is 14.6 Å². The van der Waals surface area contributed by atoms with E-state index < -0.39 is 0 Å². The van der Waals surface area contributed by atoms with Gasteiger partial charge in [0.2, 0.25) is 0 Å². The molecule has 3 heteroatoms. The molecular weight excluding hydrogens is 348 g/mol. The number of hydrogen-bond donors (Lipinski definition) is 1. The Labute approximate surface area is 172 Å². The predicted molar refractivity (Wildman–Crippen MR) is 118 cm³/mol. The van der Waals surface area contributed by atoms with Crippen molar-refractivity contribution in [1.29, 1.82) is 0 Å². The van der Waals surface area contributed by atoms with E-state index in [-0.39, 0.29) is 5.97 Å². The van der Waals surface area contributed by atoms with Crippen LogP contribution < -0.4 is 0 Å². The first-order valence-electron chi connectivity index (χ1n) is 11.5. The van der Waals surface area contributed by atoms with E-state index in [1.165, 1.54) is 77.7 Å². The van der Waals surface area contributed by atoms with Crippen LogP contribution in [0.3, 0.4) is 0 Å². The Balaban J connectivity index is 2.28. The summed E-state index contributed by atoms with van der Waals surface area (Å²) in [5.41, 5.74) is 1.13. The molecule has 0 aliphatic carbocycles. The standard InChI is InChI=1S/C25H42O3/c1-3-4-5-6-9-12-17-22(23-19-15-16-20-24(23)26)18-13-10-7-8-11-14-21-25(27)28-2/h15-16,19-20,22,26H,3-14,17-18,21H2,1-2H3. The average molecular weight is 391 g/mol. The van der Waals surface area contributed by atoms with Crippen LogP contribution in [0.2, 0.25) is 0 Å². The van der Waals surface area contributed by atoms with Crippen LogP contribution >= 0.6 is 0 Å². The van der Waals surface area contributed by atoms with Gasteiger partial charge in [0.15, 0.2) is 0 Å². The molecule has 0 amide bonds. The van der Waals surface area contributed by atoms with Gasteiger partial charge >= 0.3 is 5.97 Å². The number of aromatic hydroxyl groups is 1. The molecule has 1 unspecified atom stereocenters. The zero-order valence-electron chi connectivity index (χ0n) is 18.3. The van der Waals surface area contributed by atoms with Gasteiger partial charge in [-0.1, -0.05) is 95.8 Å². The van der Waals surface area contributed by atoms with E-state index in [0.29, 0.717) is 18.1 Å². The molecule has 0 aliphatic rings. The van der Waals surface area contributed by atoms with Crippen LogP contribution in [0, 0.1) is 0 Å². The van der Waals surface area contributed by atoms with Crippen LogP contribution in [0.25, 0.3) is 0 Å². The molecule has 0 aliphatic heterocycles. The maximum atomic E-state index is 11.1. The van der Waals surface area contributed by atoms with Gasteiger partial charge in [-0.2, -0.15) is 0 Å². The van der Waals surface area contributed by atoms with Crippen molar-refractivity contribution in [1.82, 2.24) is 0 Å². The normalized spacial score (nSPS) is 12.1. The first kappa shape index (κ1) is 24.5. The summed E-state index contributed by atoms with van der Waals surface area (Å²) in [6, 6.07) is 7.88. The number of carbonyl (C=O) groups excluding carboxylic acids is 1. The van der Waals surface area contributed by atoms with Crippen LogP contribution in [-0.4, -0.2) is 18.2 Å². The lowest BCUT2D eigenvalue weighted by Gasteiger charge is -2.18. The smallest absolute Gasteiger partial charge is 0.305 e. The van der Waals surface area contributed by atoms with Gasteiger partial charge < -0.3 is 9.84 Å². The maximum Gasteiger partial charge on any atom is 0.305 e. The molecule has 0 fully saturated rings. The lowest BCUT2D eigenvalue weighted by molar-refractivity contribution is -0.140. The first-order valence-corrected chi connectivity index (χ1v) is 11.5. The second kappa shape index (κ2) is 16.4. The van der Waals surface area contributed by atoms with Gasteiger partial charge in [0, 0.05) is 6.42 Å². The Bertz CT molecular complexity index is 512. The van der Waals surface area contributed by atoms with Crippen LogP contribution in [0.1, 0.15) is 115 Å². The number of benzene rings is 1. The molecule has 0 saturated carbocycles. The van der Waals surface area contributed by atoms with Gasteiger partial charge in [0.25, 0.3) is 0 Å². The zero-order valence-corrected chi connectivity index (χ0v) is 18.3. The Kier molecular flexibility index (Phi) is 14.4. The van der Waals surface area contributed by atoms with Gasteiger partial charge in [0.05, 0.1) is 7.11 Å². The molecule has 0 radical (unpaired) electrons. The number of hydrogen-bond acceptors (Lipinski definition) is 3. The molecule has 1 aromatic carbocycles. The van der Waals surface area contributed by atoms with Crippen molar-refractivity contribution in [2.75, 3.05) is 7.11 Å². The zero-order chi connectivity index (χ0) is 20.5. The van der Waals surface area contributed by atoms with Crippen molar-refractivity contribution >= 4 is 5.97 Å². The van der Waals surface area contributed by atoms with Crippen molar-refractivity contribution in [3.8, 4) is 5.75 Å². The molecule has 0 aromatic heterocycles. The maximum absolute atomic E-state index is 11.1. The molecule has 160 valence electrons. The third kappa shape index (κ3) is 11.4. The Morgan fingerprint density at radius 1 is 0.857 bits per heavy atom. The molecule has 1 atom stereocenters. The monoisotopic (exact) mass is 390 g/mol. The number of esters is 1. The number of methoxy groups -OCH3 is 1. The van der Waals surface area contributed by atoms with E-state index in [0.717, 1.165) is 24.8 Å². The number of para-hydroxylation sites is 1. The topological polar surface area (TPSA) is 46.5 Å². The number of ether oxygens (including phenoxy) is 1. The van der Waals surface area contributed by atoms with Crippen molar-refractivity contribution in [3.63, 3.8) is 0 Å². The summed E-state index contributed by atoms with van der Waals surface area (Å²) < 4.78 is 4.67. The number of rotatable bonds is 17. The molecule has 0 bridgehead atoms. The fourth-order valence-corrected chi connectivity index (χ4v) is 3.93. The van der Waals surface area contributed by atoms with Gasteiger partial charge in [0.1, 0.15) is 5.75 Å². The highest BCUT2D eigenvalue weighted by molar-refractivity contribution is 5.68. The van der Waals surface area contributed by atoms with Crippen LogP contribution in [-0.2, 0) is 9.53 Å². The van der Waals surface area contributed by atoms with Crippen molar-refractivity contribution in [2.45, 2.75) is 109 Å². The fourth-order valence-electron chi connectivity index (χ4n) is 3.93. The summed E-state index contributed by atoms with van der Waals surface area (Å²) in [7, 11) is 1.45. The van der Waals surface area contributed by atoms with E-state index in [1.807, 2.05) is 18.2 Å². The van der Waals surface area contributed by atoms with Crippen LogP contribution in [0.5, 0.6) is 5.75 Å². The molecule has 1 N–H and O–H groups in total. The second-order valence-electron chi connectivity index (χ2n) is 8.05. The van der Waals surface area contributed by atoms with Crippen LogP contribution in [0.15, 0.2) is 24.3 Å². The summed E-state index contributed by atoms with van der Waals surface area (Å²) in [5.74, 6) is 0.841. The summed E-state index contributed by atoms with van der Waals surface area (Å²) in [6.45, 7) is 2.26. The van der Waals surface area contributed by atoms with E-state index in [2.05, 4.69) is 17.7 Å². The molecule has 28 heavy (non-hydrogen) atoms. The highest BCUT2D eigenvalue weighted by Crippen LogP contribution is 2.33. The molecule has 0 spiro atoms. The van der Waals surface area contributed by atoms with Gasteiger partial charge in [-0.05, 0) is 36.8 Å². The second-order valence-corrected chi connectivity index (χ2v) is 8.05. The Hall–Kier alpha value is -1.51. The van der Waals surface area contributed by atoms with Crippen molar-refractivity contribution in [2.24, 2.45) is 0 Å². The summed E-state index contributed by atoms with van der Waals surface area (Å²) in [6.07, 6.45) is 17.7. The van der Waals surface area contributed by atoms with E-state index >= 15 is 0 Å². The molecule has 0 saturated heterocycles. The minimum absolute atomic E-state index is 0.0970. The lowest BCUT2D eigenvalue weighted by Crippen LogP contribution is -2.00. The van der Waals surface area contributed by atoms with Gasteiger partial charge in [-0.15, -0.1) is 0 Å². The molecule has 1 rings (SSSR count). The number of phenolic OH excluding ortho intramolecular Hbond substituents is 1. The first-order chi connectivity index (χ1) is 13.7. The minimum Gasteiger partial charge on any atom is -0.508 e. The Morgan fingerprint density at radius 3 is 1.96 bits per heavy atom. The van der Waals surface area contributed by atoms with E-state index in [1.54, 1.807) is 0 Å². The fraction of sp³-hybridized carbons (Fsp3) is 0.720. The average Bonchev–Trinajstić information content (AvgIpc) is 2.71. The largest absolute Gasteiger partial charge is 0.508 e. The highest BCUT2D eigenvalue weighted by Gasteiger charge is 2.14. The SMILES string of the molecule is CCCCCCCCC(CCCCCCCCC(=O)OC)c1ccccc1O. The minimum atomic E-state index is -0.0970. The van der Waals surface area contributed by atoms with Gasteiger partial charge in [-0.3, -0.25) is 4.79 Å². The van der Waals surface area contributed by atoms with E-state index in [4.69, 9.17) is 0 Å².